The van der Waals surface area contributed by atoms with Crippen LogP contribution < -0.4 is 0 Å². The third-order valence-corrected chi connectivity index (χ3v) is 4.29. The van der Waals surface area contributed by atoms with Crippen LogP contribution >= 0.6 is 15.9 Å². The number of fused-ring (bicyclic) bond motifs is 1. The smallest absolute Gasteiger partial charge is 0.307 e. The number of carboxylic acid groups (broad SMARTS) is 1. The molecule has 5 heteroatoms. The molecule has 114 valence electrons. The summed E-state index contributed by atoms with van der Waals surface area (Å²) in [5.74, 6) is -0.303. The SMILES string of the molecule is CCN(CC(C)C(=O)O)C(C)c1cc2cc(Br)ccc2o1. The van der Waals surface area contributed by atoms with Crippen LogP contribution in [0.25, 0.3) is 11.0 Å². The van der Waals surface area contributed by atoms with Crippen molar-refractivity contribution in [2.75, 3.05) is 13.1 Å². The van der Waals surface area contributed by atoms with Crippen LogP contribution in [0.3, 0.4) is 0 Å². The highest BCUT2D eigenvalue weighted by Gasteiger charge is 2.22. The normalized spacial score (nSPS) is 14.5. The minimum absolute atomic E-state index is 0.0444. The van der Waals surface area contributed by atoms with Crippen molar-refractivity contribution in [1.82, 2.24) is 4.90 Å². The Balaban J connectivity index is 2.22. The third kappa shape index (κ3) is 3.66. The van der Waals surface area contributed by atoms with Gasteiger partial charge in [-0.1, -0.05) is 29.8 Å². The molecule has 0 radical (unpaired) electrons. The molecule has 1 aromatic carbocycles. The topological polar surface area (TPSA) is 53.7 Å². The molecule has 21 heavy (non-hydrogen) atoms. The molecule has 0 aliphatic heterocycles. The summed E-state index contributed by atoms with van der Waals surface area (Å²) in [7, 11) is 0. The van der Waals surface area contributed by atoms with Crippen molar-refractivity contribution >= 4 is 32.9 Å². The highest BCUT2D eigenvalue weighted by atomic mass is 79.9. The number of hydrogen-bond donors (Lipinski definition) is 1. The average Bonchev–Trinajstić information content (AvgIpc) is 2.86. The molecule has 1 aromatic heterocycles. The fraction of sp³-hybridized carbons (Fsp3) is 0.438. The minimum atomic E-state index is -0.769. The lowest BCUT2D eigenvalue weighted by molar-refractivity contribution is -0.141. The van der Waals surface area contributed by atoms with E-state index in [9.17, 15) is 4.79 Å². The van der Waals surface area contributed by atoms with Crippen LogP contribution in [0.1, 0.15) is 32.6 Å². The summed E-state index contributed by atoms with van der Waals surface area (Å²) >= 11 is 3.45. The van der Waals surface area contributed by atoms with E-state index in [-0.39, 0.29) is 6.04 Å². The van der Waals surface area contributed by atoms with E-state index >= 15 is 0 Å². The standard InChI is InChI=1S/C16H20BrNO3/c1-4-18(9-10(2)16(19)20)11(3)15-8-12-7-13(17)5-6-14(12)21-15/h5-8,10-11H,4,9H2,1-3H3,(H,19,20). The van der Waals surface area contributed by atoms with Crippen LogP contribution in [-0.4, -0.2) is 29.1 Å². The van der Waals surface area contributed by atoms with Crippen LogP contribution in [0.4, 0.5) is 0 Å². The highest BCUT2D eigenvalue weighted by molar-refractivity contribution is 9.10. The van der Waals surface area contributed by atoms with E-state index in [1.54, 1.807) is 6.92 Å². The summed E-state index contributed by atoms with van der Waals surface area (Å²) in [6, 6.07) is 7.98. The van der Waals surface area contributed by atoms with Gasteiger partial charge in [0.25, 0.3) is 0 Å². The van der Waals surface area contributed by atoms with Gasteiger partial charge in [-0.05, 0) is 37.7 Å². The zero-order valence-corrected chi connectivity index (χ0v) is 14.1. The summed E-state index contributed by atoms with van der Waals surface area (Å²) < 4.78 is 6.92. The van der Waals surface area contributed by atoms with E-state index in [0.29, 0.717) is 6.54 Å². The Morgan fingerprint density at radius 3 is 2.71 bits per heavy atom. The second kappa shape index (κ2) is 6.62. The fourth-order valence-corrected chi connectivity index (χ4v) is 2.79. The Morgan fingerprint density at radius 1 is 1.38 bits per heavy atom. The number of hydrogen-bond acceptors (Lipinski definition) is 3. The quantitative estimate of drug-likeness (QED) is 0.840. The molecule has 0 aliphatic carbocycles. The number of aliphatic carboxylic acids is 1. The maximum absolute atomic E-state index is 11.0. The van der Waals surface area contributed by atoms with Gasteiger partial charge in [0.15, 0.2) is 0 Å². The Labute approximate surface area is 132 Å². The van der Waals surface area contributed by atoms with Crippen molar-refractivity contribution in [2.45, 2.75) is 26.8 Å². The molecule has 0 saturated heterocycles. The summed E-state index contributed by atoms with van der Waals surface area (Å²) in [6.07, 6.45) is 0. The van der Waals surface area contributed by atoms with Gasteiger partial charge in [-0.3, -0.25) is 9.69 Å². The van der Waals surface area contributed by atoms with Gasteiger partial charge in [0.1, 0.15) is 11.3 Å². The molecule has 1 heterocycles. The number of halogens is 1. The molecule has 1 N–H and O–H groups in total. The predicted octanol–water partition coefficient (Wildman–Crippen LogP) is 4.30. The predicted molar refractivity (Wildman–Crippen MR) is 86.4 cm³/mol. The van der Waals surface area contributed by atoms with Gasteiger partial charge in [-0.15, -0.1) is 0 Å². The third-order valence-electron chi connectivity index (χ3n) is 3.79. The Bertz CT molecular complexity index is 637. The van der Waals surface area contributed by atoms with Gasteiger partial charge >= 0.3 is 5.97 Å². The zero-order chi connectivity index (χ0) is 15.6. The van der Waals surface area contributed by atoms with Crippen LogP contribution in [0, 0.1) is 5.92 Å². The molecule has 2 aromatic rings. The molecule has 4 nitrogen and oxygen atoms in total. The number of furan rings is 1. The largest absolute Gasteiger partial charge is 0.481 e. The molecule has 0 spiro atoms. The van der Waals surface area contributed by atoms with Gasteiger partial charge < -0.3 is 9.52 Å². The molecule has 2 rings (SSSR count). The molecule has 0 saturated carbocycles. The van der Waals surface area contributed by atoms with Crippen molar-refractivity contribution in [3.63, 3.8) is 0 Å². The second-order valence-electron chi connectivity index (χ2n) is 5.33. The van der Waals surface area contributed by atoms with Crippen LogP contribution in [-0.2, 0) is 4.79 Å². The molecule has 2 unspecified atom stereocenters. The minimum Gasteiger partial charge on any atom is -0.481 e. The van der Waals surface area contributed by atoms with Crippen molar-refractivity contribution in [1.29, 1.82) is 0 Å². The van der Waals surface area contributed by atoms with Gasteiger partial charge in [0, 0.05) is 16.4 Å². The lowest BCUT2D eigenvalue weighted by Crippen LogP contribution is -2.33. The zero-order valence-electron chi connectivity index (χ0n) is 12.5. The van der Waals surface area contributed by atoms with Crippen LogP contribution in [0.5, 0.6) is 0 Å². The summed E-state index contributed by atoms with van der Waals surface area (Å²) in [5, 5.41) is 10.1. The van der Waals surface area contributed by atoms with Crippen molar-refractivity contribution in [3.05, 3.63) is 34.5 Å². The first-order chi connectivity index (χ1) is 9.92. The summed E-state index contributed by atoms with van der Waals surface area (Å²) in [4.78, 5) is 13.1. The maximum Gasteiger partial charge on any atom is 0.307 e. The fourth-order valence-electron chi connectivity index (χ4n) is 2.41. The molecular weight excluding hydrogens is 334 g/mol. The average molecular weight is 354 g/mol. The number of rotatable bonds is 6. The number of carbonyl (C=O) groups is 1. The van der Waals surface area contributed by atoms with E-state index in [2.05, 4.69) is 20.8 Å². The second-order valence-corrected chi connectivity index (χ2v) is 6.25. The summed E-state index contributed by atoms with van der Waals surface area (Å²) in [6.45, 7) is 7.09. The van der Waals surface area contributed by atoms with Crippen LogP contribution in [0.2, 0.25) is 0 Å². The number of nitrogens with zero attached hydrogens (tertiary/aromatic N) is 1. The number of benzene rings is 1. The highest BCUT2D eigenvalue weighted by Crippen LogP contribution is 2.29. The van der Waals surface area contributed by atoms with Gasteiger partial charge in [-0.2, -0.15) is 0 Å². The van der Waals surface area contributed by atoms with E-state index in [1.165, 1.54) is 0 Å². The lowest BCUT2D eigenvalue weighted by atomic mass is 10.1. The molecule has 0 bridgehead atoms. The van der Waals surface area contributed by atoms with E-state index in [4.69, 9.17) is 9.52 Å². The molecule has 0 fully saturated rings. The molecule has 0 aliphatic rings. The van der Waals surface area contributed by atoms with E-state index < -0.39 is 11.9 Å². The van der Waals surface area contributed by atoms with Gasteiger partial charge in [0.05, 0.1) is 12.0 Å². The van der Waals surface area contributed by atoms with Crippen molar-refractivity contribution < 1.29 is 14.3 Å². The van der Waals surface area contributed by atoms with Crippen LogP contribution in [0.15, 0.2) is 33.2 Å². The van der Waals surface area contributed by atoms with E-state index in [0.717, 1.165) is 27.7 Å². The first-order valence-electron chi connectivity index (χ1n) is 7.08. The van der Waals surface area contributed by atoms with Crippen molar-refractivity contribution in [3.8, 4) is 0 Å². The van der Waals surface area contributed by atoms with Gasteiger partial charge in [-0.25, -0.2) is 0 Å². The number of carboxylic acids is 1. The maximum atomic E-state index is 11.0. The van der Waals surface area contributed by atoms with E-state index in [1.807, 2.05) is 38.1 Å². The Hall–Kier alpha value is -1.33. The van der Waals surface area contributed by atoms with Crippen molar-refractivity contribution in [2.24, 2.45) is 5.92 Å². The molecule has 2 atom stereocenters. The summed E-state index contributed by atoms with van der Waals surface area (Å²) in [5.41, 5.74) is 0.849. The Morgan fingerprint density at radius 2 is 2.10 bits per heavy atom. The Kier molecular flexibility index (Phi) is 5.06. The molecular formula is C16H20BrNO3. The monoisotopic (exact) mass is 353 g/mol. The van der Waals surface area contributed by atoms with Gasteiger partial charge in [0.2, 0.25) is 0 Å². The lowest BCUT2D eigenvalue weighted by Gasteiger charge is -2.27. The first kappa shape index (κ1) is 16.0. The molecule has 0 amide bonds. The first-order valence-corrected chi connectivity index (χ1v) is 7.87.